The van der Waals surface area contributed by atoms with Crippen LogP contribution in [0.3, 0.4) is 0 Å². The first-order valence-electron chi connectivity index (χ1n) is 8.53. The number of halogens is 1. The molecule has 1 fully saturated rings. The van der Waals surface area contributed by atoms with Gasteiger partial charge in [-0.2, -0.15) is 0 Å². The van der Waals surface area contributed by atoms with Crippen molar-refractivity contribution in [2.45, 2.75) is 70.4 Å². The quantitative estimate of drug-likeness (QED) is 0.592. The number of aliphatic hydroxyl groups is 1. The first kappa shape index (κ1) is 19.9. The second kappa shape index (κ2) is 9.36. The van der Waals surface area contributed by atoms with Gasteiger partial charge in [0.25, 0.3) is 0 Å². The van der Waals surface area contributed by atoms with E-state index in [-0.39, 0.29) is 19.1 Å². The fourth-order valence-corrected chi connectivity index (χ4v) is 3.24. The van der Waals surface area contributed by atoms with Gasteiger partial charge in [0.2, 0.25) is 0 Å². The monoisotopic (exact) mass is 372 g/mol. The second-order valence-electron chi connectivity index (χ2n) is 6.42. The van der Waals surface area contributed by atoms with Crippen molar-refractivity contribution < 1.29 is 28.9 Å². The molecule has 2 heterocycles. The van der Waals surface area contributed by atoms with Crippen LogP contribution in [0.15, 0.2) is 22.8 Å². The number of aliphatic hydroxyl groups excluding tert-OH is 1. The van der Waals surface area contributed by atoms with E-state index < -0.39 is 30.3 Å². The van der Waals surface area contributed by atoms with E-state index in [0.717, 1.165) is 10.6 Å². The molecule has 140 valence electrons. The third-order valence-electron chi connectivity index (χ3n) is 4.39. The molecule has 1 N–H and O–H groups in total. The lowest BCUT2D eigenvalue weighted by molar-refractivity contribution is -0.158. The molecule has 0 unspecified atom stereocenters. The summed E-state index contributed by atoms with van der Waals surface area (Å²) in [7, 11) is 0. The molecule has 7 heteroatoms. The van der Waals surface area contributed by atoms with Crippen LogP contribution in [0, 0.1) is 0 Å². The minimum absolute atomic E-state index is 0.0708. The summed E-state index contributed by atoms with van der Waals surface area (Å²) in [5.41, 5.74) is 0.768. The largest absolute Gasteiger partial charge is 0.459 e. The van der Waals surface area contributed by atoms with Crippen molar-refractivity contribution in [1.29, 1.82) is 0 Å². The van der Waals surface area contributed by atoms with Crippen molar-refractivity contribution in [1.82, 2.24) is 0 Å². The van der Waals surface area contributed by atoms with E-state index in [1.165, 1.54) is 6.92 Å². The molecule has 6 nitrogen and oxygen atoms in total. The Morgan fingerprint density at radius 2 is 2.20 bits per heavy atom. The van der Waals surface area contributed by atoms with Crippen LogP contribution in [-0.2, 0) is 23.8 Å². The van der Waals surface area contributed by atoms with Crippen LogP contribution in [-0.4, -0.2) is 48.1 Å². The molecule has 0 saturated carbocycles. The third kappa shape index (κ3) is 6.13. The highest BCUT2D eigenvalue weighted by atomic mass is 35.5. The van der Waals surface area contributed by atoms with Gasteiger partial charge in [0, 0.05) is 18.4 Å². The average Bonchev–Trinajstić information content (AvgIpc) is 2.92. The van der Waals surface area contributed by atoms with Gasteiger partial charge in [-0.3, -0.25) is 9.59 Å². The maximum Gasteiger partial charge on any atom is 0.310 e. The number of allylic oxidation sites excluding steroid dienone is 3. The van der Waals surface area contributed by atoms with Gasteiger partial charge in [-0.05, 0) is 31.8 Å². The summed E-state index contributed by atoms with van der Waals surface area (Å²) < 4.78 is 16.5. The van der Waals surface area contributed by atoms with Gasteiger partial charge in [0.1, 0.15) is 18.3 Å². The molecule has 1 saturated heterocycles. The SMILES string of the molecule is CC(=O)O[C@H]1CC(=O)O[C@H]2C[C@H](CC/C(Cl)=C/C/C=C\1C)O[C@H]2CO. The van der Waals surface area contributed by atoms with Crippen LogP contribution in [0.2, 0.25) is 0 Å². The molecule has 4 atom stereocenters. The standard InChI is InChI=1S/C18H25ClO6/c1-11-4-3-5-13(19)6-7-14-8-16(17(10-20)24-14)25-18(22)9-15(11)23-12(2)21/h4-5,14-17,20H,3,6-10H2,1-2H3/b11-4-,13-5-/t14-,15-,16-,17-/m0/s1. The number of carbonyl (C=O) groups is 2. The highest BCUT2D eigenvalue weighted by Gasteiger charge is 2.37. The number of carbonyl (C=O) groups excluding carboxylic acids is 2. The van der Waals surface area contributed by atoms with E-state index in [4.69, 9.17) is 25.8 Å². The van der Waals surface area contributed by atoms with E-state index in [9.17, 15) is 14.7 Å². The Bertz CT molecular complexity index is 556. The van der Waals surface area contributed by atoms with Gasteiger partial charge in [-0.25, -0.2) is 0 Å². The van der Waals surface area contributed by atoms with Gasteiger partial charge < -0.3 is 19.3 Å². The van der Waals surface area contributed by atoms with Gasteiger partial charge in [0.15, 0.2) is 0 Å². The van der Waals surface area contributed by atoms with E-state index >= 15 is 0 Å². The number of ether oxygens (including phenoxy) is 3. The molecule has 0 aromatic carbocycles. The van der Waals surface area contributed by atoms with E-state index in [1.54, 1.807) is 6.92 Å². The second-order valence-corrected chi connectivity index (χ2v) is 6.90. The fraction of sp³-hybridized carbons (Fsp3) is 0.667. The molecule has 2 bridgehead atoms. The smallest absolute Gasteiger partial charge is 0.310 e. The molecule has 0 spiro atoms. The van der Waals surface area contributed by atoms with Gasteiger partial charge in [0.05, 0.1) is 19.1 Å². The Labute approximate surface area is 152 Å². The first-order valence-corrected chi connectivity index (χ1v) is 8.91. The molecule has 0 amide bonds. The highest BCUT2D eigenvalue weighted by molar-refractivity contribution is 6.29. The molecular weight excluding hydrogens is 348 g/mol. The van der Waals surface area contributed by atoms with Crippen LogP contribution < -0.4 is 0 Å². The van der Waals surface area contributed by atoms with Crippen LogP contribution >= 0.6 is 11.6 Å². The summed E-state index contributed by atoms with van der Waals surface area (Å²) >= 11 is 6.24. The van der Waals surface area contributed by atoms with Crippen molar-refractivity contribution in [3.63, 3.8) is 0 Å². The highest BCUT2D eigenvalue weighted by Crippen LogP contribution is 2.29. The Hall–Kier alpha value is -1.37. The molecule has 2 aliphatic heterocycles. The molecule has 2 rings (SSSR count). The summed E-state index contributed by atoms with van der Waals surface area (Å²) in [5.74, 6) is -0.935. The maximum absolute atomic E-state index is 12.3. The summed E-state index contributed by atoms with van der Waals surface area (Å²) in [6, 6.07) is 0. The van der Waals surface area contributed by atoms with E-state index in [1.807, 2.05) is 12.2 Å². The minimum atomic E-state index is -0.675. The molecular formula is C18H25ClO6. The lowest BCUT2D eigenvalue weighted by atomic mass is 10.0. The topological polar surface area (TPSA) is 82.1 Å². The van der Waals surface area contributed by atoms with Crippen LogP contribution in [0.1, 0.15) is 46.0 Å². The van der Waals surface area contributed by atoms with Crippen molar-refractivity contribution >= 4 is 23.5 Å². The van der Waals surface area contributed by atoms with Crippen LogP contribution in [0.25, 0.3) is 0 Å². The Morgan fingerprint density at radius 3 is 2.88 bits per heavy atom. The Balaban J connectivity index is 2.19. The summed E-state index contributed by atoms with van der Waals surface area (Å²) in [4.78, 5) is 23.6. The normalized spacial score (nSPS) is 35.6. The lowest BCUT2D eigenvalue weighted by Gasteiger charge is -2.20. The van der Waals surface area contributed by atoms with Crippen molar-refractivity contribution in [3.05, 3.63) is 22.8 Å². The van der Waals surface area contributed by atoms with Crippen LogP contribution in [0.4, 0.5) is 0 Å². The van der Waals surface area contributed by atoms with Crippen molar-refractivity contribution in [3.8, 4) is 0 Å². The fourth-order valence-electron chi connectivity index (χ4n) is 3.04. The zero-order valence-electron chi connectivity index (χ0n) is 14.6. The lowest BCUT2D eigenvalue weighted by Crippen LogP contribution is -2.32. The third-order valence-corrected chi connectivity index (χ3v) is 4.74. The molecule has 0 aromatic rings. The summed E-state index contributed by atoms with van der Waals surface area (Å²) in [6.07, 6.45) is 4.36. The zero-order valence-corrected chi connectivity index (χ0v) is 15.3. The Morgan fingerprint density at radius 1 is 1.44 bits per heavy atom. The number of hydrogen-bond donors (Lipinski definition) is 1. The predicted molar refractivity (Wildman–Crippen MR) is 92.0 cm³/mol. The van der Waals surface area contributed by atoms with Crippen molar-refractivity contribution in [2.75, 3.05) is 6.61 Å². The number of rotatable bonds is 2. The summed E-state index contributed by atoms with van der Waals surface area (Å²) in [5, 5.41) is 10.2. The Kier molecular flexibility index (Phi) is 7.47. The molecule has 2 aliphatic rings. The molecule has 25 heavy (non-hydrogen) atoms. The number of esters is 2. The van der Waals surface area contributed by atoms with E-state index in [2.05, 4.69) is 0 Å². The van der Waals surface area contributed by atoms with Crippen LogP contribution in [0.5, 0.6) is 0 Å². The number of hydrogen-bond acceptors (Lipinski definition) is 6. The summed E-state index contributed by atoms with van der Waals surface area (Å²) in [6.45, 7) is 2.89. The van der Waals surface area contributed by atoms with Gasteiger partial charge in [-0.15, -0.1) is 0 Å². The van der Waals surface area contributed by atoms with Crippen molar-refractivity contribution in [2.24, 2.45) is 0 Å². The molecule has 0 aromatic heterocycles. The zero-order chi connectivity index (χ0) is 18.4. The average molecular weight is 373 g/mol. The molecule has 0 radical (unpaired) electrons. The first-order chi connectivity index (χ1) is 11.9. The van der Waals surface area contributed by atoms with Gasteiger partial charge in [-0.1, -0.05) is 23.8 Å². The molecule has 0 aliphatic carbocycles. The maximum atomic E-state index is 12.3. The number of fused-ring (bicyclic) bond motifs is 2. The van der Waals surface area contributed by atoms with Gasteiger partial charge >= 0.3 is 11.9 Å². The predicted octanol–water partition coefficient (Wildman–Crippen LogP) is 2.62. The van der Waals surface area contributed by atoms with E-state index in [0.29, 0.717) is 25.7 Å². The minimum Gasteiger partial charge on any atom is -0.459 e.